The molecule has 1 aromatic heterocycles. The first kappa shape index (κ1) is 14.4. The van der Waals surface area contributed by atoms with Gasteiger partial charge in [0, 0.05) is 37.1 Å². The smallest absolute Gasteiger partial charge is 0.112 e. The number of aromatic nitrogens is 1. The van der Waals surface area contributed by atoms with Gasteiger partial charge >= 0.3 is 0 Å². The third kappa shape index (κ3) is 3.22. The molecule has 0 spiro atoms. The summed E-state index contributed by atoms with van der Waals surface area (Å²) in [4.78, 5) is 11.3. The highest BCUT2D eigenvalue weighted by Gasteiger charge is 2.28. The summed E-state index contributed by atoms with van der Waals surface area (Å²) in [5.74, 6) is 0. The molecule has 1 saturated carbocycles. The number of nitrogens with one attached hydrogen (secondary N) is 1. The second-order valence-corrected chi connectivity index (χ2v) is 7.30. The average molecular weight is 294 g/mol. The maximum Gasteiger partial charge on any atom is 0.112 e. The van der Waals surface area contributed by atoms with Crippen LogP contribution in [0.4, 0.5) is 0 Å². The molecule has 1 unspecified atom stereocenters. The first-order valence-corrected chi connectivity index (χ1v) is 8.59. The number of aryl methyl sites for hydroxylation is 1. The Kier molecular flexibility index (Phi) is 4.40. The molecule has 1 aromatic rings. The lowest BCUT2D eigenvalue weighted by molar-refractivity contribution is 0.115. The van der Waals surface area contributed by atoms with Gasteiger partial charge in [0.15, 0.2) is 0 Å². The van der Waals surface area contributed by atoms with Gasteiger partial charge in [-0.05, 0) is 33.4 Å². The van der Waals surface area contributed by atoms with Crippen LogP contribution in [0.1, 0.15) is 41.4 Å². The molecular formula is C15H26N4S. The molecule has 0 bridgehead atoms. The van der Waals surface area contributed by atoms with Crippen LogP contribution < -0.4 is 5.32 Å². The Morgan fingerprint density at radius 3 is 2.80 bits per heavy atom. The van der Waals surface area contributed by atoms with Crippen molar-refractivity contribution in [3.05, 3.63) is 15.6 Å². The van der Waals surface area contributed by atoms with E-state index in [1.54, 1.807) is 0 Å². The second-order valence-electron chi connectivity index (χ2n) is 6.19. The standard InChI is InChI=1S/C15H26N4S/c1-4-12-14(9-16-11-5-6-11)20-15(17-12)13-10-18(2)7-8-19(13)3/h11,13,16H,4-10H2,1-3H3. The number of likely N-dealkylation sites (N-methyl/N-ethyl adjacent to an activating group) is 2. The Bertz CT molecular complexity index is 455. The highest BCUT2D eigenvalue weighted by molar-refractivity contribution is 7.11. The average Bonchev–Trinajstić information content (AvgIpc) is 3.18. The number of nitrogens with zero attached hydrogens (tertiary/aromatic N) is 3. The van der Waals surface area contributed by atoms with Crippen molar-refractivity contribution >= 4 is 11.3 Å². The minimum absolute atomic E-state index is 0.471. The predicted octanol–water partition coefficient (Wildman–Crippen LogP) is 1.88. The van der Waals surface area contributed by atoms with E-state index in [0.717, 1.165) is 38.6 Å². The zero-order valence-corrected chi connectivity index (χ0v) is 13.7. The first-order valence-electron chi connectivity index (χ1n) is 7.78. The van der Waals surface area contributed by atoms with Gasteiger partial charge < -0.3 is 10.2 Å². The molecule has 112 valence electrons. The van der Waals surface area contributed by atoms with E-state index in [9.17, 15) is 0 Å². The lowest BCUT2D eigenvalue weighted by Crippen LogP contribution is -2.44. The van der Waals surface area contributed by atoms with Crippen molar-refractivity contribution in [1.82, 2.24) is 20.1 Å². The Balaban J connectivity index is 1.74. The summed E-state index contributed by atoms with van der Waals surface area (Å²) in [5, 5.41) is 4.94. The van der Waals surface area contributed by atoms with Gasteiger partial charge in [0.05, 0.1) is 11.7 Å². The Hall–Kier alpha value is -0.490. The molecule has 1 aliphatic heterocycles. The third-order valence-corrected chi connectivity index (χ3v) is 5.59. The largest absolute Gasteiger partial charge is 0.309 e. The maximum absolute atomic E-state index is 4.95. The van der Waals surface area contributed by atoms with Gasteiger partial charge in [0.2, 0.25) is 0 Å². The Morgan fingerprint density at radius 1 is 1.30 bits per heavy atom. The van der Waals surface area contributed by atoms with E-state index >= 15 is 0 Å². The van der Waals surface area contributed by atoms with E-state index in [-0.39, 0.29) is 0 Å². The summed E-state index contributed by atoms with van der Waals surface area (Å²) in [7, 11) is 4.44. The first-order chi connectivity index (χ1) is 9.67. The summed E-state index contributed by atoms with van der Waals surface area (Å²) in [5.41, 5.74) is 1.31. The molecule has 1 aliphatic carbocycles. The summed E-state index contributed by atoms with van der Waals surface area (Å²) in [6.45, 7) is 6.63. The van der Waals surface area contributed by atoms with Crippen LogP contribution in [0.25, 0.3) is 0 Å². The zero-order chi connectivity index (χ0) is 14.1. The van der Waals surface area contributed by atoms with Crippen LogP contribution in [0.5, 0.6) is 0 Å². The van der Waals surface area contributed by atoms with Gasteiger partial charge in [0.25, 0.3) is 0 Å². The van der Waals surface area contributed by atoms with Crippen molar-refractivity contribution in [3.8, 4) is 0 Å². The van der Waals surface area contributed by atoms with Crippen LogP contribution in [-0.2, 0) is 13.0 Å². The fraction of sp³-hybridized carbons (Fsp3) is 0.800. The highest BCUT2D eigenvalue weighted by Crippen LogP contribution is 2.30. The molecule has 20 heavy (non-hydrogen) atoms. The molecule has 0 aromatic carbocycles. The SMILES string of the molecule is CCc1nc(C2CN(C)CCN2C)sc1CNC1CC1. The quantitative estimate of drug-likeness (QED) is 0.898. The predicted molar refractivity (Wildman–Crippen MR) is 84.2 cm³/mol. The van der Waals surface area contributed by atoms with E-state index in [1.165, 1.54) is 28.4 Å². The molecule has 0 radical (unpaired) electrons. The molecule has 3 rings (SSSR count). The van der Waals surface area contributed by atoms with Crippen LogP contribution >= 0.6 is 11.3 Å². The normalized spacial score (nSPS) is 25.2. The molecule has 1 saturated heterocycles. The van der Waals surface area contributed by atoms with Crippen LogP contribution in [0.3, 0.4) is 0 Å². The Labute approximate surface area is 126 Å². The molecule has 2 fully saturated rings. The van der Waals surface area contributed by atoms with Crippen molar-refractivity contribution < 1.29 is 0 Å². The topological polar surface area (TPSA) is 31.4 Å². The van der Waals surface area contributed by atoms with Gasteiger partial charge in [-0.2, -0.15) is 0 Å². The monoisotopic (exact) mass is 294 g/mol. The molecule has 1 atom stereocenters. The Morgan fingerprint density at radius 2 is 2.10 bits per heavy atom. The summed E-state index contributed by atoms with van der Waals surface area (Å²) >= 11 is 1.92. The minimum atomic E-state index is 0.471. The van der Waals surface area contributed by atoms with Gasteiger partial charge in [-0.25, -0.2) is 4.98 Å². The van der Waals surface area contributed by atoms with E-state index in [2.05, 4.69) is 36.1 Å². The lowest BCUT2D eigenvalue weighted by Gasteiger charge is -2.36. The van der Waals surface area contributed by atoms with Crippen molar-refractivity contribution in [2.24, 2.45) is 0 Å². The summed E-state index contributed by atoms with van der Waals surface area (Å²) in [6, 6.07) is 1.24. The number of hydrogen-bond donors (Lipinski definition) is 1. The number of rotatable bonds is 5. The molecule has 2 aliphatic rings. The van der Waals surface area contributed by atoms with Crippen molar-refractivity contribution in [2.75, 3.05) is 33.7 Å². The number of hydrogen-bond acceptors (Lipinski definition) is 5. The van der Waals surface area contributed by atoms with Crippen LogP contribution in [-0.4, -0.2) is 54.6 Å². The lowest BCUT2D eigenvalue weighted by atomic mass is 10.2. The van der Waals surface area contributed by atoms with Gasteiger partial charge in [-0.3, -0.25) is 4.90 Å². The molecule has 2 heterocycles. The van der Waals surface area contributed by atoms with Gasteiger partial charge in [0.1, 0.15) is 5.01 Å². The molecule has 1 N–H and O–H groups in total. The third-order valence-electron chi connectivity index (χ3n) is 4.39. The van der Waals surface area contributed by atoms with E-state index in [0.29, 0.717) is 6.04 Å². The zero-order valence-electron chi connectivity index (χ0n) is 12.9. The highest BCUT2D eigenvalue weighted by atomic mass is 32.1. The van der Waals surface area contributed by atoms with Crippen LogP contribution in [0.2, 0.25) is 0 Å². The van der Waals surface area contributed by atoms with Crippen LogP contribution in [0, 0.1) is 0 Å². The van der Waals surface area contributed by atoms with Crippen molar-refractivity contribution in [2.45, 2.75) is 44.8 Å². The van der Waals surface area contributed by atoms with E-state index < -0.39 is 0 Å². The maximum atomic E-state index is 4.95. The second kappa shape index (κ2) is 6.10. The number of piperazine rings is 1. The van der Waals surface area contributed by atoms with Crippen molar-refractivity contribution in [3.63, 3.8) is 0 Å². The number of thiazole rings is 1. The van der Waals surface area contributed by atoms with Gasteiger partial charge in [-0.15, -0.1) is 11.3 Å². The molecule has 5 heteroatoms. The molecule has 0 amide bonds. The van der Waals surface area contributed by atoms with Crippen LogP contribution in [0.15, 0.2) is 0 Å². The van der Waals surface area contributed by atoms with Crippen molar-refractivity contribution in [1.29, 1.82) is 0 Å². The van der Waals surface area contributed by atoms with E-state index in [1.807, 2.05) is 11.3 Å². The fourth-order valence-corrected chi connectivity index (χ4v) is 4.02. The molecular weight excluding hydrogens is 268 g/mol. The van der Waals surface area contributed by atoms with Gasteiger partial charge in [-0.1, -0.05) is 6.92 Å². The van der Waals surface area contributed by atoms with E-state index in [4.69, 9.17) is 4.98 Å². The summed E-state index contributed by atoms with van der Waals surface area (Å²) in [6.07, 6.45) is 3.75. The minimum Gasteiger partial charge on any atom is -0.309 e. The summed E-state index contributed by atoms with van der Waals surface area (Å²) < 4.78 is 0. The fourth-order valence-electron chi connectivity index (χ4n) is 2.76. The molecule has 4 nitrogen and oxygen atoms in total.